The molecule has 2 N–H and O–H groups in total. The summed E-state index contributed by atoms with van der Waals surface area (Å²) in [6, 6.07) is 25.7. The van der Waals surface area contributed by atoms with Crippen LogP contribution in [0.15, 0.2) is 84.9 Å². The van der Waals surface area contributed by atoms with Crippen LogP contribution in [0.25, 0.3) is 0 Å². The Kier molecular flexibility index (Phi) is 14.2. The molecule has 2 amide bonds. The average Bonchev–Trinajstić information content (AvgIpc) is 3.94. The van der Waals surface area contributed by atoms with Crippen LogP contribution in [-0.2, 0) is 24.3 Å². The van der Waals surface area contributed by atoms with E-state index < -0.39 is 10.0 Å². The number of benzene rings is 3. The highest BCUT2D eigenvalue weighted by atomic mass is 35.5. The van der Waals surface area contributed by atoms with E-state index in [0.717, 1.165) is 23.4 Å². The lowest BCUT2D eigenvalue weighted by Crippen LogP contribution is -2.55. The number of carbonyl (C=O) groups is 2. The Morgan fingerprint density at radius 3 is 1.89 bits per heavy atom. The number of para-hydroxylation sites is 1. The van der Waals surface area contributed by atoms with Gasteiger partial charge in [0.2, 0.25) is 21.8 Å². The number of primary amides is 1. The van der Waals surface area contributed by atoms with E-state index >= 15 is 0 Å². The summed E-state index contributed by atoms with van der Waals surface area (Å²) in [6.45, 7) is 5.98. The Morgan fingerprint density at radius 1 is 0.911 bits per heavy atom. The number of carbonyl (C=O) groups excluding carboxylic acids is 2. The van der Waals surface area contributed by atoms with Gasteiger partial charge in [0.25, 0.3) is 0 Å². The minimum atomic E-state index is -3.48. The van der Waals surface area contributed by atoms with E-state index in [9.17, 15) is 18.0 Å². The van der Waals surface area contributed by atoms with Crippen LogP contribution in [0.5, 0.6) is 0 Å². The zero-order valence-electron chi connectivity index (χ0n) is 26.0. The summed E-state index contributed by atoms with van der Waals surface area (Å²) in [6.07, 6.45) is 3.39. The first-order valence-corrected chi connectivity index (χ1v) is 17.5. The fourth-order valence-corrected chi connectivity index (χ4v) is 7.11. The van der Waals surface area contributed by atoms with Crippen LogP contribution < -0.4 is 10.0 Å². The second-order valence-electron chi connectivity index (χ2n) is 10.8. The van der Waals surface area contributed by atoms with E-state index in [1.54, 1.807) is 4.31 Å². The summed E-state index contributed by atoms with van der Waals surface area (Å²) in [4.78, 5) is 24.3. The fourth-order valence-electron chi connectivity index (χ4n) is 4.97. The number of hydrogen-bond acceptors (Lipinski definition) is 5. The zero-order valence-corrected chi connectivity index (χ0v) is 28.3. The highest BCUT2D eigenvalue weighted by molar-refractivity contribution is 7.93. The van der Waals surface area contributed by atoms with Gasteiger partial charge in [0.15, 0.2) is 0 Å². The Bertz CT molecular complexity index is 1450. The zero-order chi connectivity index (χ0) is 33.0. The minimum Gasteiger partial charge on any atom is -0.370 e. The molecule has 11 heteroatoms. The highest BCUT2D eigenvalue weighted by Crippen LogP contribution is 2.42. The topological polar surface area (TPSA) is 110 Å². The molecule has 1 heterocycles. The normalized spacial score (nSPS) is 18.1. The van der Waals surface area contributed by atoms with Crippen molar-refractivity contribution in [2.45, 2.75) is 63.8 Å². The molecule has 1 saturated heterocycles. The van der Waals surface area contributed by atoms with Crippen molar-refractivity contribution in [1.29, 1.82) is 0 Å². The predicted octanol–water partition coefficient (Wildman–Crippen LogP) is 6.88. The molecular formula is C34H43Cl2N3O5S. The van der Waals surface area contributed by atoms with Gasteiger partial charge in [-0.1, -0.05) is 85.6 Å². The Morgan fingerprint density at radius 2 is 1.42 bits per heavy atom. The molecule has 0 radical (unpaired) electrons. The second kappa shape index (κ2) is 17.5. The lowest BCUT2D eigenvalue weighted by atomic mass is 10.00. The van der Waals surface area contributed by atoms with Gasteiger partial charge in [-0.3, -0.25) is 13.9 Å². The molecule has 0 aromatic heterocycles. The molecule has 6 rings (SSSR count). The molecule has 2 unspecified atom stereocenters. The van der Waals surface area contributed by atoms with Crippen LogP contribution in [0.2, 0.25) is 10.0 Å². The fraction of sp³-hybridized carbons (Fsp3) is 0.412. The van der Waals surface area contributed by atoms with Crippen molar-refractivity contribution in [2.24, 2.45) is 11.7 Å². The van der Waals surface area contributed by atoms with E-state index in [1.807, 2.05) is 104 Å². The Hall–Kier alpha value is -3.11. The highest BCUT2D eigenvalue weighted by Gasteiger charge is 2.47. The number of nitrogens with zero attached hydrogens (tertiary/aromatic N) is 2. The van der Waals surface area contributed by atoms with E-state index in [0.29, 0.717) is 30.2 Å². The van der Waals surface area contributed by atoms with E-state index in [2.05, 4.69) is 5.73 Å². The number of rotatable bonds is 8. The number of morpholine rings is 1. The Balaban J connectivity index is 0.000000358. The monoisotopic (exact) mass is 675 g/mol. The molecular weight excluding hydrogens is 633 g/mol. The summed E-state index contributed by atoms with van der Waals surface area (Å²) in [5.74, 6) is -0.141. The maximum atomic E-state index is 13.4. The lowest BCUT2D eigenvalue weighted by molar-refractivity contribution is -0.152. The summed E-state index contributed by atoms with van der Waals surface area (Å²) in [7, 11) is -3.48. The summed E-state index contributed by atoms with van der Waals surface area (Å²) in [5.41, 5.74) is 6.08. The number of sulfonamides is 1. The number of ether oxygens (including phenoxy) is 1. The van der Waals surface area contributed by atoms with Crippen LogP contribution >= 0.6 is 23.2 Å². The van der Waals surface area contributed by atoms with E-state index in [4.69, 9.17) is 27.9 Å². The second-order valence-corrected chi connectivity index (χ2v) is 13.8. The van der Waals surface area contributed by atoms with Crippen molar-refractivity contribution in [1.82, 2.24) is 4.90 Å². The van der Waals surface area contributed by atoms with Crippen molar-refractivity contribution in [3.05, 3.63) is 101 Å². The van der Waals surface area contributed by atoms with Crippen LogP contribution in [0.3, 0.4) is 0 Å². The van der Waals surface area contributed by atoms with Gasteiger partial charge in [0.05, 0.1) is 36.2 Å². The van der Waals surface area contributed by atoms with Crippen LogP contribution in [0.4, 0.5) is 5.69 Å². The van der Waals surface area contributed by atoms with Crippen LogP contribution in [-0.4, -0.2) is 56.2 Å². The third kappa shape index (κ3) is 11.0. The molecule has 2 atom stereocenters. The smallest absolute Gasteiger partial charge is 0.249 e. The quantitative estimate of drug-likeness (QED) is 0.280. The number of nitrogens with two attached hydrogens (primary N) is 1. The average molecular weight is 677 g/mol. The summed E-state index contributed by atoms with van der Waals surface area (Å²) in [5, 5.41) is 1.10. The minimum absolute atomic E-state index is 0.0218. The molecule has 3 fully saturated rings. The van der Waals surface area contributed by atoms with Crippen molar-refractivity contribution < 1.29 is 22.7 Å². The van der Waals surface area contributed by atoms with E-state index in [-0.39, 0.29) is 48.2 Å². The van der Waals surface area contributed by atoms with Crippen LogP contribution in [0, 0.1) is 5.92 Å². The van der Waals surface area contributed by atoms with Crippen molar-refractivity contribution in [2.75, 3.05) is 24.1 Å². The molecule has 244 valence electrons. The van der Waals surface area contributed by atoms with E-state index in [1.165, 1.54) is 6.92 Å². The first kappa shape index (κ1) is 36.4. The third-order valence-electron chi connectivity index (χ3n) is 7.29. The number of hydrogen-bond donors (Lipinski definition) is 1. The molecule has 3 aromatic carbocycles. The molecule has 1 aliphatic heterocycles. The maximum Gasteiger partial charge on any atom is 0.249 e. The SMILES string of the molecule is CC.CC(N)=O.Clc1ccccc1.O=C1COCC(c2ccc(Cl)cc2)N1C(CN(c1ccccc1)S(=O)(=O)C1CC1)C1CC1. The molecule has 0 spiro atoms. The van der Waals surface area contributed by atoms with Crippen molar-refractivity contribution in [3.63, 3.8) is 0 Å². The van der Waals surface area contributed by atoms with Gasteiger partial charge in [0, 0.05) is 17.0 Å². The van der Waals surface area contributed by atoms with Gasteiger partial charge in [-0.25, -0.2) is 8.42 Å². The first-order chi connectivity index (χ1) is 21.6. The number of halogens is 2. The largest absolute Gasteiger partial charge is 0.370 e. The molecule has 0 bridgehead atoms. The number of anilines is 1. The summed E-state index contributed by atoms with van der Waals surface area (Å²) < 4.78 is 34.0. The van der Waals surface area contributed by atoms with Gasteiger partial charge in [-0.2, -0.15) is 0 Å². The van der Waals surface area contributed by atoms with Gasteiger partial charge in [-0.15, -0.1) is 0 Å². The first-order valence-electron chi connectivity index (χ1n) is 15.3. The molecule has 8 nitrogen and oxygen atoms in total. The van der Waals surface area contributed by atoms with Gasteiger partial charge in [-0.05, 0) is 73.6 Å². The standard InChI is InChI=1S/C24H27ClN2O4S.C6H5Cl.C2H5NO.C2H6/c25-19-10-8-18(9-11-19)23-15-31-16-24(28)27(23)22(17-6-7-17)14-26(20-4-2-1-3-5-20)32(29,30)21-12-13-21;7-6-4-2-1-3-5-6;1-2(3)4;1-2/h1-5,8-11,17,21-23H,6-7,12-16H2;1-5H;1H3,(H2,3,4);1-2H3. The van der Waals surface area contributed by atoms with Crippen molar-refractivity contribution >= 4 is 50.7 Å². The molecule has 3 aliphatic rings. The lowest BCUT2D eigenvalue weighted by Gasteiger charge is -2.43. The molecule has 2 saturated carbocycles. The third-order valence-corrected chi connectivity index (χ3v) is 10.1. The Labute approximate surface area is 277 Å². The molecule has 2 aliphatic carbocycles. The van der Waals surface area contributed by atoms with Gasteiger partial charge < -0.3 is 15.4 Å². The predicted molar refractivity (Wildman–Crippen MR) is 182 cm³/mol. The van der Waals surface area contributed by atoms with Gasteiger partial charge in [0.1, 0.15) is 6.61 Å². The molecule has 3 aromatic rings. The number of amides is 2. The summed E-state index contributed by atoms with van der Waals surface area (Å²) >= 11 is 11.6. The van der Waals surface area contributed by atoms with Crippen molar-refractivity contribution in [3.8, 4) is 0 Å². The van der Waals surface area contributed by atoms with Gasteiger partial charge >= 0.3 is 0 Å². The molecule has 45 heavy (non-hydrogen) atoms. The van der Waals surface area contributed by atoms with Crippen LogP contribution in [0.1, 0.15) is 58.1 Å². The maximum absolute atomic E-state index is 13.4.